The Labute approximate surface area is 226 Å². The molecule has 1 saturated heterocycles. The van der Waals surface area contributed by atoms with Crippen molar-refractivity contribution in [3.05, 3.63) is 89.2 Å². The molecular formula is C33H39N3O2. The lowest BCUT2D eigenvalue weighted by atomic mass is 9.87. The molecule has 0 spiro atoms. The minimum absolute atomic E-state index is 0.0771. The van der Waals surface area contributed by atoms with Crippen molar-refractivity contribution in [2.24, 2.45) is 0 Å². The number of ether oxygens (including phenoxy) is 1. The number of benzene rings is 3. The summed E-state index contributed by atoms with van der Waals surface area (Å²) in [6.45, 7) is 13.0. The van der Waals surface area contributed by atoms with Crippen LogP contribution in [0, 0.1) is 13.8 Å². The molecule has 1 unspecified atom stereocenters. The van der Waals surface area contributed by atoms with Crippen LogP contribution in [0.2, 0.25) is 0 Å². The number of fused-ring (bicyclic) bond motifs is 1. The van der Waals surface area contributed by atoms with Gasteiger partial charge in [0.15, 0.2) is 0 Å². The molecule has 2 heterocycles. The van der Waals surface area contributed by atoms with Crippen LogP contribution in [0.15, 0.2) is 66.7 Å². The van der Waals surface area contributed by atoms with E-state index in [0.717, 1.165) is 47.7 Å². The van der Waals surface area contributed by atoms with Crippen molar-refractivity contribution in [1.29, 1.82) is 0 Å². The Bertz CT molecular complexity index is 1410. The minimum atomic E-state index is 0.0771. The van der Waals surface area contributed by atoms with Gasteiger partial charge in [-0.1, -0.05) is 51.1 Å². The van der Waals surface area contributed by atoms with E-state index in [1.165, 1.54) is 16.7 Å². The highest BCUT2D eigenvalue weighted by Crippen LogP contribution is 2.34. The Kier molecular flexibility index (Phi) is 7.29. The number of amides is 1. The van der Waals surface area contributed by atoms with Gasteiger partial charge in [0.25, 0.3) is 0 Å². The molecule has 1 aromatic heterocycles. The predicted molar refractivity (Wildman–Crippen MR) is 155 cm³/mol. The highest BCUT2D eigenvalue weighted by molar-refractivity contribution is 5.96. The van der Waals surface area contributed by atoms with E-state index in [2.05, 4.69) is 99.8 Å². The summed E-state index contributed by atoms with van der Waals surface area (Å²) < 4.78 is 8.36. The van der Waals surface area contributed by atoms with Gasteiger partial charge in [-0.15, -0.1) is 0 Å². The fourth-order valence-corrected chi connectivity index (χ4v) is 5.49. The normalized spacial score (nSPS) is 16.0. The van der Waals surface area contributed by atoms with Crippen LogP contribution in [-0.2, 0) is 16.8 Å². The Morgan fingerprint density at radius 1 is 0.947 bits per heavy atom. The number of para-hydroxylation sites is 2. The number of anilines is 1. The average Bonchev–Trinajstić information content (AvgIpc) is 3.43. The molecule has 1 aliphatic heterocycles. The molecule has 1 aliphatic rings. The second-order valence-corrected chi connectivity index (χ2v) is 11.7. The number of imidazole rings is 1. The molecule has 0 N–H and O–H groups in total. The Balaban J connectivity index is 1.26. The zero-order valence-corrected chi connectivity index (χ0v) is 23.3. The second-order valence-electron chi connectivity index (χ2n) is 11.7. The fraction of sp³-hybridized carbons (Fsp3) is 0.394. The number of nitrogens with zero attached hydrogens (tertiary/aromatic N) is 3. The van der Waals surface area contributed by atoms with Crippen LogP contribution in [0.3, 0.4) is 0 Å². The van der Waals surface area contributed by atoms with Crippen LogP contribution in [0.4, 0.5) is 5.69 Å². The van der Waals surface area contributed by atoms with E-state index in [-0.39, 0.29) is 17.2 Å². The lowest BCUT2D eigenvalue weighted by Gasteiger charge is -2.19. The molecule has 0 radical (unpaired) electrons. The zero-order valence-electron chi connectivity index (χ0n) is 23.3. The van der Waals surface area contributed by atoms with E-state index in [4.69, 9.17) is 9.72 Å². The Morgan fingerprint density at radius 2 is 1.66 bits per heavy atom. The van der Waals surface area contributed by atoms with Crippen LogP contribution in [-0.4, -0.2) is 28.6 Å². The third-order valence-corrected chi connectivity index (χ3v) is 7.46. The summed E-state index contributed by atoms with van der Waals surface area (Å²) in [7, 11) is 0. The molecule has 0 saturated carbocycles. The maximum absolute atomic E-state index is 13.1. The first-order chi connectivity index (χ1) is 18.2. The largest absolute Gasteiger partial charge is 0.494 e. The topological polar surface area (TPSA) is 47.4 Å². The average molecular weight is 510 g/mol. The number of unbranched alkanes of at least 4 members (excludes halogenated alkanes) is 1. The molecule has 1 atom stereocenters. The third-order valence-electron chi connectivity index (χ3n) is 7.46. The maximum atomic E-state index is 13.1. The summed E-state index contributed by atoms with van der Waals surface area (Å²) in [4.78, 5) is 20.0. The van der Waals surface area contributed by atoms with Crippen LogP contribution >= 0.6 is 0 Å². The molecular weight excluding hydrogens is 470 g/mol. The van der Waals surface area contributed by atoms with E-state index in [1.807, 2.05) is 11.0 Å². The van der Waals surface area contributed by atoms with E-state index < -0.39 is 0 Å². The first-order valence-corrected chi connectivity index (χ1v) is 13.8. The van der Waals surface area contributed by atoms with Crippen molar-refractivity contribution >= 4 is 22.6 Å². The zero-order chi connectivity index (χ0) is 26.9. The first-order valence-electron chi connectivity index (χ1n) is 13.8. The van der Waals surface area contributed by atoms with Crippen LogP contribution in [0.5, 0.6) is 5.75 Å². The van der Waals surface area contributed by atoms with Crippen molar-refractivity contribution in [3.63, 3.8) is 0 Å². The van der Waals surface area contributed by atoms with E-state index in [9.17, 15) is 4.79 Å². The van der Waals surface area contributed by atoms with Gasteiger partial charge in [0.2, 0.25) is 5.91 Å². The predicted octanol–water partition coefficient (Wildman–Crippen LogP) is 7.33. The van der Waals surface area contributed by atoms with Gasteiger partial charge < -0.3 is 14.2 Å². The molecule has 0 aliphatic carbocycles. The molecule has 5 rings (SSSR count). The highest BCUT2D eigenvalue weighted by atomic mass is 16.5. The van der Waals surface area contributed by atoms with Gasteiger partial charge in [-0.2, -0.15) is 0 Å². The summed E-state index contributed by atoms with van der Waals surface area (Å²) in [6, 6.07) is 23.1. The van der Waals surface area contributed by atoms with E-state index in [0.29, 0.717) is 19.6 Å². The van der Waals surface area contributed by atoms with Gasteiger partial charge in [-0.25, -0.2) is 4.98 Å². The molecule has 5 heteroatoms. The molecule has 198 valence electrons. The quantitative estimate of drug-likeness (QED) is 0.234. The van der Waals surface area contributed by atoms with Crippen molar-refractivity contribution in [2.45, 2.75) is 71.8 Å². The number of aryl methyl sites for hydroxylation is 3. The highest BCUT2D eigenvalue weighted by Gasteiger charge is 2.35. The second kappa shape index (κ2) is 10.6. The summed E-state index contributed by atoms with van der Waals surface area (Å²) in [5.74, 6) is 2.19. The van der Waals surface area contributed by atoms with Gasteiger partial charge in [-0.05, 0) is 85.2 Å². The number of aromatic nitrogens is 2. The van der Waals surface area contributed by atoms with E-state index in [1.54, 1.807) is 0 Å². The summed E-state index contributed by atoms with van der Waals surface area (Å²) in [6.07, 6.45) is 2.42. The van der Waals surface area contributed by atoms with Gasteiger partial charge in [0, 0.05) is 31.1 Å². The van der Waals surface area contributed by atoms with Crippen molar-refractivity contribution in [2.75, 3.05) is 18.1 Å². The molecule has 5 nitrogen and oxygen atoms in total. The van der Waals surface area contributed by atoms with Crippen LogP contribution in [0.1, 0.15) is 68.5 Å². The number of rotatable bonds is 8. The maximum Gasteiger partial charge on any atom is 0.227 e. The molecule has 1 amide bonds. The smallest absolute Gasteiger partial charge is 0.227 e. The Morgan fingerprint density at radius 3 is 2.37 bits per heavy atom. The summed E-state index contributed by atoms with van der Waals surface area (Å²) in [5, 5.41) is 0. The van der Waals surface area contributed by atoms with Crippen molar-refractivity contribution < 1.29 is 9.53 Å². The molecule has 38 heavy (non-hydrogen) atoms. The lowest BCUT2D eigenvalue weighted by molar-refractivity contribution is -0.117. The van der Waals surface area contributed by atoms with Crippen LogP contribution in [0.25, 0.3) is 11.0 Å². The van der Waals surface area contributed by atoms with Gasteiger partial charge in [0.05, 0.1) is 17.6 Å². The number of hydrogen-bond donors (Lipinski definition) is 0. The molecule has 1 fully saturated rings. The molecule has 0 bridgehead atoms. The molecule has 3 aromatic carbocycles. The standard InChI is InChI=1S/C33H39N3O2/c1-23-18-24(2)20-27(19-23)36-22-25(21-31(36)37)32-34-29-10-6-7-11-30(29)35(32)16-8-9-17-38-28-14-12-26(13-15-28)33(3,4)5/h6-7,10-15,18-20,25H,8-9,16-17,21-22H2,1-5H3. The first kappa shape index (κ1) is 26.0. The SMILES string of the molecule is Cc1cc(C)cc(N2CC(c3nc4ccccc4n3CCCCOc3ccc(C(C)(C)C)cc3)CC2=O)c1. The van der Waals surface area contributed by atoms with Crippen molar-refractivity contribution in [3.8, 4) is 5.75 Å². The Hall–Kier alpha value is -3.60. The number of carbonyl (C=O) groups is 1. The van der Waals surface area contributed by atoms with Gasteiger partial charge in [-0.3, -0.25) is 4.79 Å². The third kappa shape index (κ3) is 5.62. The van der Waals surface area contributed by atoms with E-state index >= 15 is 0 Å². The fourth-order valence-electron chi connectivity index (χ4n) is 5.49. The monoisotopic (exact) mass is 509 g/mol. The number of carbonyl (C=O) groups excluding carboxylic acids is 1. The summed E-state index contributed by atoms with van der Waals surface area (Å²) >= 11 is 0. The van der Waals surface area contributed by atoms with Gasteiger partial charge in [0.1, 0.15) is 11.6 Å². The van der Waals surface area contributed by atoms with Crippen LogP contribution < -0.4 is 9.64 Å². The molecule has 4 aromatic rings. The van der Waals surface area contributed by atoms with Gasteiger partial charge >= 0.3 is 0 Å². The number of hydrogen-bond acceptors (Lipinski definition) is 3. The summed E-state index contributed by atoms with van der Waals surface area (Å²) in [5.41, 5.74) is 6.93. The van der Waals surface area contributed by atoms with Crippen molar-refractivity contribution in [1.82, 2.24) is 9.55 Å². The minimum Gasteiger partial charge on any atom is -0.494 e. The lowest BCUT2D eigenvalue weighted by Crippen LogP contribution is -2.24.